The highest BCUT2D eigenvalue weighted by Crippen LogP contribution is 2.32. The van der Waals surface area contributed by atoms with Gasteiger partial charge in [0, 0.05) is 28.9 Å². The zero-order valence-electron chi connectivity index (χ0n) is 12.2. The van der Waals surface area contributed by atoms with Gasteiger partial charge in [0.25, 0.3) is 0 Å². The molecule has 0 aliphatic carbocycles. The number of nitrogens with one attached hydrogen (secondary N) is 1. The predicted octanol–water partition coefficient (Wildman–Crippen LogP) is 4.50. The SMILES string of the molecule is CCNC(c1ccc(Cl)cc1C)C(C)c1ccccn1. The Morgan fingerprint density at radius 3 is 2.65 bits per heavy atom. The van der Waals surface area contributed by atoms with E-state index in [4.69, 9.17) is 11.6 Å². The molecular formula is C17H21ClN2. The van der Waals surface area contributed by atoms with Crippen LogP contribution in [0.3, 0.4) is 0 Å². The molecule has 106 valence electrons. The molecule has 0 saturated carbocycles. The molecule has 2 nitrogen and oxygen atoms in total. The molecule has 1 aromatic carbocycles. The predicted molar refractivity (Wildman–Crippen MR) is 85.3 cm³/mol. The maximum atomic E-state index is 6.06. The lowest BCUT2D eigenvalue weighted by atomic mass is 9.89. The van der Waals surface area contributed by atoms with Crippen molar-refractivity contribution in [2.24, 2.45) is 0 Å². The van der Waals surface area contributed by atoms with Crippen molar-refractivity contribution in [1.29, 1.82) is 0 Å². The lowest BCUT2D eigenvalue weighted by molar-refractivity contribution is 0.470. The summed E-state index contributed by atoms with van der Waals surface area (Å²) in [4.78, 5) is 4.49. The zero-order chi connectivity index (χ0) is 14.5. The summed E-state index contributed by atoms with van der Waals surface area (Å²) in [6, 6.07) is 12.4. The summed E-state index contributed by atoms with van der Waals surface area (Å²) >= 11 is 6.06. The Morgan fingerprint density at radius 2 is 2.05 bits per heavy atom. The summed E-state index contributed by atoms with van der Waals surface area (Å²) < 4.78 is 0. The Labute approximate surface area is 126 Å². The van der Waals surface area contributed by atoms with Crippen LogP contribution in [0.4, 0.5) is 0 Å². The third-order valence-corrected chi connectivity index (χ3v) is 3.88. The Hall–Kier alpha value is -1.38. The van der Waals surface area contributed by atoms with E-state index in [1.54, 1.807) is 0 Å². The second-order valence-corrected chi connectivity index (χ2v) is 5.52. The van der Waals surface area contributed by atoms with Gasteiger partial charge in [-0.15, -0.1) is 0 Å². The van der Waals surface area contributed by atoms with Gasteiger partial charge >= 0.3 is 0 Å². The van der Waals surface area contributed by atoms with Crippen molar-refractivity contribution < 1.29 is 0 Å². The average Bonchev–Trinajstić information content (AvgIpc) is 2.46. The van der Waals surface area contributed by atoms with Gasteiger partial charge in [0.2, 0.25) is 0 Å². The lowest BCUT2D eigenvalue weighted by Crippen LogP contribution is -2.26. The first kappa shape index (κ1) is 15.0. The zero-order valence-corrected chi connectivity index (χ0v) is 13.0. The van der Waals surface area contributed by atoms with Crippen molar-refractivity contribution in [1.82, 2.24) is 10.3 Å². The second-order valence-electron chi connectivity index (χ2n) is 5.08. The standard InChI is InChI=1S/C17H21ClN2/c1-4-19-17(13(3)16-7-5-6-10-20-16)15-9-8-14(18)11-12(15)2/h5-11,13,17,19H,4H2,1-3H3. The number of nitrogens with zero attached hydrogens (tertiary/aromatic N) is 1. The first-order valence-electron chi connectivity index (χ1n) is 7.03. The summed E-state index contributed by atoms with van der Waals surface area (Å²) in [7, 11) is 0. The Kier molecular flexibility index (Phi) is 5.16. The fourth-order valence-corrected chi connectivity index (χ4v) is 2.81. The third kappa shape index (κ3) is 3.38. The van der Waals surface area contributed by atoms with Crippen molar-refractivity contribution in [2.45, 2.75) is 32.7 Å². The van der Waals surface area contributed by atoms with Gasteiger partial charge < -0.3 is 5.32 Å². The van der Waals surface area contributed by atoms with Gasteiger partial charge in [0.15, 0.2) is 0 Å². The van der Waals surface area contributed by atoms with Crippen molar-refractivity contribution in [2.75, 3.05) is 6.54 Å². The van der Waals surface area contributed by atoms with Crippen LogP contribution in [-0.2, 0) is 0 Å². The molecule has 2 aromatic rings. The molecule has 0 bridgehead atoms. The van der Waals surface area contributed by atoms with Crippen LogP contribution in [0.5, 0.6) is 0 Å². The minimum atomic E-state index is 0.243. The second kappa shape index (κ2) is 6.87. The van der Waals surface area contributed by atoms with Gasteiger partial charge in [-0.2, -0.15) is 0 Å². The van der Waals surface area contributed by atoms with Crippen LogP contribution >= 0.6 is 11.6 Å². The molecular weight excluding hydrogens is 268 g/mol. The molecule has 2 unspecified atom stereocenters. The number of aromatic nitrogens is 1. The number of likely N-dealkylation sites (N-methyl/N-ethyl adjacent to an activating group) is 1. The maximum Gasteiger partial charge on any atom is 0.0450 e. The number of halogens is 1. The molecule has 2 rings (SSSR count). The Morgan fingerprint density at radius 1 is 1.25 bits per heavy atom. The molecule has 0 aliphatic heterocycles. The van der Waals surface area contributed by atoms with E-state index < -0.39 is 0 Å². The van der Waals surface area contributed by atoms with Gasteiger partial charge in [0.1, 0.15) is 0 Å². The van der Waals surface area contributed by atoms with E-state index in [1.165, 1.54) is 11.1 Å². The van der Waals surface area contributed by atoms with Gasteiger partial charge in [-0.1, -0.05) is 37.6 Å². The Balaban J connectivity index is 2.35. The summed E-state index contributed by atoms with van der Waals surface area (Å²) in [5.41, 5.74) is 3.61. The molecule has 3 heteroatoms. The third-order valence-electron chi connectivity index (χ3n) is 3.65. The van der Waals surface area contributed by atoms with Crippen LogP contribution in [0.1, 0.15) is 42.6 Å². The van der Waals surface area contributed by atoms with Gasteiger partial charge in [-0.05, 0) is 48.9 Å². The fraction of sp³-hybridized carbons (Fsp3) is 0.353. The molecule has 1 N–H and O–H groups in total. The average molecular weight is 289 g/mol. The minimum absolute atomic E-state index is 0.243. The maximum absolute atomic E-state index is 6.06. The summed E-state index contributed by atoms with van der Waals surface area (Å²) in [5.74, 6) is 0.302. The van der Waals surface area contributed by atoms with E-state index in [0.717, 1.165) is 17.3 Å². The highest BCUT2D eigenvalue weighted by Gasteiger charge is 2.22. The number of aryl methyl sites for hydroxylation is 1. The molecule has 0 aliphatic rings. The highest BCUT2D eigenvalue weighted by molar-refractivity contribution is 6.30. The molecule has 1 heterocycles. The largest absolute Gasteiger partial charge is 0.310 e. The molecule has 20 heavy (non-hydrogen) atoms. The fourth-order valence-electron chi connectivity index (χ4n) is 2.58. The number of benzene rings is 1. The summed E-state index contributed by atoms with van der Waals surface area (Å²) in [6.45, 7) is 7.37. The van der Waals surface area contributed by atoms with Crippen LogP contribution in [0.15, 0.2) is 42.6 Å². The summed E-state index contributed by atoms with van der Waals surface area (Å²) in [6.07, 6.45) is 1.85. The van der Waals surface area contributed by atoms with E-state index >= 15 is 0 Å². The van der Waals surface area contributed by atoms with Gasteiger partial charge in [0.05, 0.1) is 0 Å². The van der Waals surface area contributed by atoms with E-state index in [9.17, 15) is 0 Å². The first-order valence-corrected chi connectivity index (χ1v) is 7.41. The molecule has 2 atom stereocenters. The molecule has 0 spiro atoms. The first-order chi connectivity index (χ1) is 9.63. The molecule has 0 fully saturated rings. The molecule has 0 radical (unpaired) electrons. The van der Waals surface area contributed by atoms with Crippen molar-refractivity contribution in [3.05, 3.63) is 64.4 Å². The van der Waals surface area contributed by atoms with Crippen LogP contribution in [-0.4, -0.2) is 11.5 Å². The topological polar surface area (TPSA) is 24.9 Å². The van der Waals surface area contributed by atoms with Crippen LogP contribution in [0.25, 0.3) is 0 Å². The normalized spacial score (nSPS) is 14.0. The monoisotopic (exact) mass is 288 g/mol. The van der Waals surface area contributed by atoms with Crippen LogP contribution in [0.2, 0.25) is 5.02 Å². The minimum Gasteiger partial charge on any atom is -0.310 e. The van der Waals surface area contributed by atoms with Gasteiger partial charge in [-0.3, -0.25) is 4.98 Å². The lowest BCUT2D eigenvalue weighted by Gasteiger charge is -2.26. The van der Waals surface area contributed by atoms with Crippen molar-refractivity contribution >= 4 is 11.6 Å². The van der Waals surface area contributed by atoms with E-state index in [2.05, 4.69) is 43.2 Å². The van der Waals surface area contributed by atoms with Crippen molar-refractivity contribution in [3.63, 3.8) is 0 Å². The quantitative estimate of drug-likeness (QED) is 0.876. The van der Waals surface area contributed by atoms with Crippen molar-refractivity contribution in [3.8, 4) is 0 Å². The number of hydrogen-bond donors (Lipinski definition) is 1. The smallest absolute Gasteiger partial charge is 0.0450 e. The number of rotatable bonds is 5. The summed E-state index contributed by atoms with van der Waals surface area (Å²) in [5, 5.41) is 4.36. The molecule has 0 amide bonds. The highest BCUT2D eigenvalue weighted by atomic mass is 35.5. The van der Waals surface area contributed by atoms with Crippen LogP contribution in [0, 0.1) is 6.92 Å². The molecule has 1 aromatic heterocycles. The van der Waals surface area contributed by atoms with E-state index in [-0.39, 0.29) is 6.04 Å². The number of hydrogen-bond acceptors (Lipinski definition) is 2. The Bertz CT molecular complexity index is 554. The number of pyridine rings is 1. The van der Waals surface area contributed by atoms with E-state index in [0.29, 0.717) is 5.92 Å². The molecule has 0 saturated heterocycles. The van der Waals surface area contributed by atoms with Crippen LogP contribution < -0.4 is 5.32 Å². The van der Waals surface area contributed by atoms with E-state index in [1.807, 2.05) is 30.5 Å². The van der Waals surface area contributed by atoms with Gasteiger partial charge in [-0.25, -0.2) is 0 Å².